The molecule has 0 fully saturated rings. The first kappa shape index (κ1) is 25.7. The number of anilines is 2. The van der Waals surface area contributed by atoms with Crippen LogP contribution in [0.15, 0.2) is 60.7 Å². The van der Waals surface area contributed by atoms with E-state index in [2.05, 4.69) is 10.2 Å². The van der Waals surface area contributed by atoms with Gasteiger partial charge < -0.3 is 24.8 Å². The highest BCUT2D eigenvalue weighted by Gasteiger charge is 2.32. The van der Waals surface area contributed by atoms with Gasteiger partial charge >= 0.3 is 5.97 Å². The first-order chi connectivity index (χ1) is 17.1. The van der Waals surface area contributed by atoms with Crippen molar-refractivity contribution in [3.63, 3.8) is 0 Å². The van der Waals surface area contributed by atoms with Gasteiger partial charge in [0.2, 0.25) is 0 Å². The van der Waals surface area contributed by atoms with Crippen molar-refractivity contribution in [3.05, 3.63) is 81.8 Å². The second-order valence-corrected chi connectivity index (χ2v) is 9.93. The lowest BCUT2D eigenvalue weighted by Crippen LogP contribution is -2.41. The zero-order valence-corrected chi connectivity index (χ0v) is 21.6. The van der Waals surface area contributed by atoms with Gasteiger partial charge in [0.15, 0.2) is 0 Å². The van der Waals surface area contributed by atoms with Crippen molar-refractivity contribution in [2.45, 2.75) is 25.4 Å². The van der Waals surface area contributed by atoms with Gasteiger partial charge in [0, 0.05) is 17.8 Å². The fourth-order valence-corrected chi connectivity index (χ4v) is 4.54. The molecule has 0 aliphatic carbocycles. The Morgan fingerprint density at radius 2 is 1.86 bits per heavy atom. The molecule has 2 N–H and O–H groups in total. The van der Waals surface area contributed by atoms with Gasteiger partial charge in [0.1, 0.15) is 24.2 Å². The van der Waals surface area contributed by atoms with E-state index in [9.17, 15) is 14.7 Å². The summed E-state index contributed by atoms with van der Waals surface area (Å²) < 4.78 is 11.9. The van der Waals surface area contributed by atoms with Gasteiger partial charge in [-0.2, -0.15) is 0 Å². The number of hydrogen-bond acceptors (Lipinski definition) is 5. The van der Waals surface area contributed by atoms with Crippen LogP contribution in [0.5, 0.6) is 11.5 Å². The number of hydrogen-bond donors (Lipinski definition) is 2. The number of nitrogens with one attached hydrogen (secondary N) is 1. The number of fused-ring (bicyclic) bond motifs is 1. The number of nitrogens with zero attached hydrogens (tertiary/aromatic N) is 1. The van der Waals surface area contributed by atoms with Crippen molar-refractivity contribution < 1.29 is 24.2 Å². The minimum atomic E-state index is -1.23. The number of halogens is 2. The van der Waals surface area contributed by atoms with Gasteiger partial charge in [-0.15, -0.1) is 0 Å². The van der Waals surface area contributed by atoms with Crippen molar-refractivity contribution in [1.82, 2.24) is 0 Å². The molecule has 0 saturated heterocycles. The van der Waals surface area contributed by atoms with Crippen LogP contribution >= 0.6 is 23.2 Å². The number of likely N-dealkylation sites (N-methyl/N-ethyl adjacent to an activating group) is 1. The molecular formula is C27H26Cl2N2O5. The van der Waals surface area contributed by atoms with E-state index >= 15 is 0 Å². The quantitative estimate of drug-likeness (QED) is 0.397. The van der Waals surface area contributed by atoms with Crippen LogP contribution in [0.3, 0.4) is 0 Å². The van der Waals surface area contributed by atoms with Crippen LogP contribution in [0, 0.1) is 0 Å². The van der Waals surface area contributed by atoms with Gasteiger partial charge in [-0.05, 0) is 67.9 Å². The summed E-state index contributed by atoms with van der Waals surface area (Å²) in [7, 11) is 2.00. The van der Waals surface area contributed by atoms with Gasteiger partial charge in [-0.1, -0.05) is 35.3 Å². The minimum absolute atomic E-state index is 0.166. The van der Waals surface area contributed by atoms with E-state index in [1.54, 1.807) is 50.2 Å². The molecule has 0 radical (unpaired) electrons. The summed E-state index contributed by atoms with van der Waals surface area (Å²) in [6.07, 6.45) is -0.166. The van der Waals surface area contributed by atoms with E-state index in [1.165, 1.54) is 0 Å². The second-order valence-electron chi connectivity index (χ2n) is 9.12. The minimum Gasteiger partial charge on any atom is -0.490 e. The van der Waals surface area contributed by atoms with Gasteiger partial charge in [-0.25, -0.2) is 0 Å². The average molecular weight is 529 g/mol. The van der Waals surface area contributed by atoms with Gasteiger partial charge in [0.25, 0.3) is 5.91 Å². The molecule has 1 atom stereocenters. The fourth-order valence-electron chi connectivity index (χ4n) is 3.93. The lowest BCUT2D eigenvalue weighted by atomic mass is 9.84. The molecule has 1 amide bonds. The predicted molar refractivity (Wildman–Crippen MR) is 141 cm³/mol. The molecule has 3 aromatic rings. The number of carbonyl (C=O) groups excluding carboxylic acids is 1. The van der Waals surface area contributed by atoms with Crippen molar-refractivity contribution in [2.24, 2.45) is 0 Å². The summed E-state index contributed by atoms with van der Waals surface area (Å²) in [6, 6.07) is 17.4. The van der Waals surface area contributed by atoms with E-state index < -0.39 is 17.3 Å². The maximum atomic E-state index is 12.9. The Bertz CT molecular complexity index is 1310. The van der Waals surface area contributed by atoms with E-state index in [0.717, 1.165) is 11.4 Å². The number of carbonyl (C=O) groups is 2. The molecule has 7 nitrogen and oxygen atoms in total. The van der Waals surface area contributed by atoms with E-state index in [1.807, 2.05) is 31.3 Å². The number of aliphatic carboxylic acids is 1. The average Bonchev–Trinajstić information content (AvgIpc) is 2.83. The largest absolute Gasteiger partial charge is 0.490 e. The molecule has 1 aliphatic heterocycles. The maximum Gasteiger partial charge on any atom is 0.313 e. The first-order valence-corrected chi connectivity index (χ1v) is 12.1. The summed E-state index contributed by atoms with van der Waals surface area (Å²) in [5.74, 6) is -0.150. The van der Waals surface area contributed by atoms with Crippen molar-refractivity contribution in [2.75, 3.05) is 30.4 Å². The zero-order chi connectivity index (χ0) is 26.0. The number of amides is 1. The normalized spacial score (nSPS) is 15.0. The van der Waals surface area contributed by atoms with Crippen LogP contribution in [-0.2, 0) is 10.2 Å². The van der Waals surface area contributed by atoms with Crippen LogP contribution in [0.1, 0.15) is 29.8 Å². The Kier molecular flexibility index (Phi) is 7.33. The molecule has 0 unspecified atom stereocenters. The molecule has 36 heavy (non-hydrogen) atoms. The molecule has 0 saturated carbocycles. The number of ether oxygens (including phenoxy) is 2. The molecular weight excluding hydrogens is 503 g/mol. The number of carboxylic acid groups (broad SMARTS) is 1. The highest BCUT2D eigenvalue weighted by Crippen LogP contribution is 2.34. The van der Waals surface area contributed by atoms with Crippen LogP contribution in [0.25, 0.3) is 0 Å². The third-order valence-corrected chi connectivity index (χ3v) is 6.74. The smallest absolute Gasteiger partial charge is 0.313 e. The SMILES string of the molecule is CN1C[C@@H](COc2ccc(C(=O)Nc3ccc(Cl)c(C(C)(C)C(=O)O)c3)c(Cl)c2)Oc2ccccc21. The summed E-state index contributed by atoms with van der Waals surface area (Å²) in [5.41, 5.74) is 0.853. The van der Waals surface area contributed by atoms with E-state index in [0.29, 0.717) is 35.2 Å². The number of rotatable bonds is 7. The monoisotopic (exact) mass is 528 g/mol. The molecule has 188 valence electrons. The summed E-state index contributed by atoms with van der Waals surface area (Å²) in [6.45, 7) is 4.08. The van der Waals surface area contributed by atoms with E-state index in [-0.39, 0.29) is 16.7 Å². The molecule has 0 bridgehead atoms. The second kappa shape index (κ2) is 10.3. The Morgan fingerprint density at radius 1 is 1.11 bits per heavy atom. The summed E-state index contributed by atoms with van der Waals surface area (Å²) in [5, 5.41) is 12.8. The Balaban J connectivity index is 1.42. The standard InChI is InChI=1S/C27H26Cl2N2O5/c1-27(2,26(33)34)20-12-16(8-11-21(20)28)30-25(32)19-10-9-17(13-22(19)29)35-15-18-14-31(3)23-6-4-5-7-24(23)36-18/h4-13,18H,14-15H2,1-3H3,(H,30,32)(H,33,34)/t18-/m0/s1. The van der Waals surface area contributed by atoms with Crippen LogP contribution in [0.4, 0.5) is 11.4 Å². The van der Waals surface area contributed by atoms with Crippen molar-refractivity contribution in [3.8, 4) is 11.5 Å². The Hall–Kier alpha value is -3.42. The van der Waals surface area contributed by atoms with Crippen molar-refractivity contribution >= 4 is 46.5 Å². The number of carboxylic acids is 1. The Morgan fingerprint density at radius 3 is 2.58 bits per heavy atom. The summed E-state index contributed by atoms with van der Waals surface area (Å²) >= 11 is 12.6. The predicted octanol–water partition coefficient (Wildman–Crippen LogP) is 5.88. The Labute approximate surface area is 219 Å². The molecule has 1 aliphatic rings. The first-order valence-electron chi connectivity index (χ1n) is 11.3. The van der Waals surface area contributed by atoms with Crippen LogP contribution in [-0.4, -0.2) is 43.3 Å². The van der Waals surface area contributed by atoms with E-state index in [4.69, 9.17) is 32.7 Å². The van der Waals surface area contributed by atoms with Gasteiger partial charge in [-0.3, -0.25) is 9.59 Å². The highest BCUT2D eigenvalue weighted by molar-refractivity contribution is 6.34. The molecule has 1 heterocycles. The highest BCUT2D eigenvalue weighted by atomic mass is 35.5. The van der Waals surface area contributed by atoms with Gasteiger partial charge in [0.05, 0.1) is 28.2 Å². The fraction of sp³-hybridized carbons (Fsp3) is 0.259. The lowest BCUT2D eigenvalue weighted by molar-refractivity contribution is -0.142. The molecule has 0 aromatic heterocycles. The molecule has 9 heteroatoms. The maximum absolute atomic E-state index is 12.9. The van der Waals surface area contributed by atoms with Crippen LogP contribution < -0.4 is 19.7 Å². The number of benzene rings is 3. The number of para-hydroxylation sites is 2. The lowest BCUT2D eigenvalue weighted by Gasteiger charge is -2.33. The van der Waals surface area contributed by atoms with Crippen molar-refractivity contribution in [1.29, 1.82) is 0 Å². The zero-order valence-electron chi connectivity index (χ0n) is 20.0. The summed E-state index contributed by atoms with van der Waals surface area (Å²) in [4.78, 5) is 26.6. The third kappa shape index (κ3) is 5.37. The third-order valence-electron chi connectivity index (χ3n) is 6.10. The molecule has 0 spiro atoms. The topological polar surface area (TPSA) is 88.1 Å². The van der Waals surface area contributed by atoms with Crippen LogP contribution in [0.2, 0.25) is 10.0 Å². The molecule has 4 rings (SSSR count). The molecule has 3 aromatic carbocycles.